The van der Waals surface area contributed by atoms with Gasteiger partial charge in [-0.25, -0.2) is 0 Å². The van der Waals surface area contributed by atoms with E-state index in [0.29, 0.717) is 0 Å². The number of hydrogen-bond acceptors (Lipinski definition) is 5. The second kappa shape index (κ2) is 9.45. The van der Waals surface area contributed by atoms with Crippen LogP contribution < -0.4 is 5.32 Å². The van der Waals surface area contributed by atoms with Gasteiger partial charge in [0.25, 0.3) is 0 Å². The topological polar surface area (TPSA) is 64.6 Å². The van der Waals surface area contributed by atoms with Crippen LogP contribution >= 0.6 is 0 Å². The number of carbonyl (C=O) groups excluding carboxylic acids is 2. The maximum Gasteiger partial charge on any atom is 0.316 e. The summed E-state index contributed by atoms with van der Waals surface area (Å²) in [7, 11) is 2.43. The molecule has 0 aromatic heterocycles. The molecule has 1 N–H and O–H groups in total. The van der Waals surface area contributed by atoms with Crippen molar-refractivity contribution in [2.24, 2.45) is 0 Å². The smallest absolute Gasteiger partial charge is 0.316 e. The second-order valence-electron chi connectivity index (χ2n) is 3.14. The van der Waals surface area contributed by atoms with Crippen molar-refractivity contribution < 1.29 is 19.1 Å². The predicted molar refractivity (Wildman–Crippen MR) is 55.4 cm³/mol. The molecule has 15 heavy (non-hydrogen) atoms. The number of rotatable bonds is 2. The Balaban J connectivity index is 0.000000280. The molecule has 0 aromatic rings. The molecule has 1 saturated heterocycles. The first-order chi connectivity index (χ1) is 7.20. The number of nitrogens with one attached hydrogen (secondary N) is 1. The highest BCUT2D eigenvalue weighted by Gasteiger charge is 2.07. The third kappa shape index (κ3) is 9.21. The molecule has 0 amide bonds. The first-order valence-electron chi connectivity index (χ1n) is 5.05. The first-order valence-corrected chi connectivity index (χ1v) is 5.05. The summed E-state index contributed by atoms with van der Waals surface area (Å²) >= 11 is 0. The molecule has 1 heterocycles. The average Bonchev–Trinajstić information content (AvgIpc) is 2.31. The molecule has 88 valence electrons. The lowest BCUT2D eigenvalue weighted by Gasteiger charge is -2.08. The van der Waals surface area contributed by atoms with Gasteiger partial charge < -0.3 is 14.8 Å². The van der Waals surface area contributed by atoms with E-state index in [0.717, 1.165) is 0 Å². The SMILES string of the molecule is C1CCNCC1.COC(=O)CC(=O)OC. The fraction of sp³-hybridized carbons (Fsp3) is 0.800. The second-order valence-corrected chi connectivity index (χ2v) is 3.14. The summed E-state index contributed by atoms with van der Waals surface area (Å²) in [6.07, 6.45) is 3.90. The summed E-state index contributed by atoms with van der Waals surface area (Å²) in [6.45, 7) is 2.50. The summed E-state index contributed by atoms with van der Waals surface area (Å²) in [5.41, 5.74) is 0. The van der Waals surface area contributed by atoms with Crippen molar-refractivity contribution in [2.75, 3.05) is 27.3 Å². The molecule has 0 saturated carbocycles. The Labute approximate surface area is 90.1 Å². The van der Waals surface area contributed by atoms with Gasteiger partial charge in [0.15, 0.2) is 0 Å². The zero-order valence-electron chi connectivity index (χ0n) is 9.38. The number of methoxy groups -OCH3 is 2. The van der Waals surface area contributed by atoms with Crippen LogP contribution in [0.3, 0.4) is 0 Å². The fourth-order valence-corrected chi connectivity index (χ4v) is 1.06. The third-order valence-electron chi connectivity index (χ3n) is 1.95. The van der Waals surface area contributed by atoms with Crippen LogP contribution in [0.1, 0.15) is 25.7 Å². The Morgan fingerprint density at radius 2 is 1.47 bits per heavy atom. The minimum Gasteiger partial charge on any atom is -0.469 e. The van der Waals surface area contributed by atoms with Gasteiger partial charge in [-0.2, -0.15) is 0 Å². The van der Waals surface area contributed by atoms with Gasteiger partial charge in [-0.3, -0.25) is 9.59 Å². The molecule has 5 heteroatoms. The summed E-state index contributed by atoms with van der Waals surface area (Å²) < 4.78 is 8.37. The van der Waals surface area contributed by atoms with Gasteiger partial charge in [-0.1, -0.05) is 6.42 Å². The molecule has 0 unspecified atom stereocenters. The van der Waals surface area contributed by atoms with Gasteiger partial charge in [0.05, 0.1) is 14.2 Å². The molecule has 0 aliphatic carbocycles. The molecule has 1 aliphatic heterocycles. The highest BCUT2D eigenvalue weighted by molar-refractivity contribution is 5.90. The van der Waals surface area contributed by atoms with Gasteiger partial charge >= 0.3 is 11.9 Å². The third-order valence-corrected chi connectivity index (χ3v) is 1.95. The maximum absolute atomic E-state index is 10.3. The van der Waals surface area contributed by atoms with Crippen LogP contribution in [-0.4, -0.2) is 39.2 Å². The standard InChI is InChI=1S/C5H11N.C5H8O4/c1-2-4-6-5-3-1;1-8-4(6)3-5(7)9-2/h6H,1-5H2;3H2,1-2H3. The molecule has 0 radical (unpaired) electrons. The predicted octanol–water partition coefficient (Wildman–Crippen LogP) is 0.482. The van der Waals surface area contributed by atoms with Crippen LogP contribution in [0.5, 0.6) is 0 Å². The number of hydrogen-bond donors (Lipinski definition) is 1. The summed E-state index contributed by atoms with van der Waals surface area (Å²) in [4.78, 5) is 20.5. The van der Waals surface area contributed by atoms with E-state index in [9.17, 15) is 9.59 Å². The molecule has 1 aliphatic rings. The molecule has 0 aromatic carbocycles. The Bertz CT molecular complexity index is 164. The van der Waals surface area contributed by atoms with E-state index < -0.39 is 11.9 Å². The minimum absolute atomic E-state index is 0.312. The van der Waals surface area contributed by atoms with Crippen molar-refractivity contribution in [2.45, 2.75) is 25.7 Å². The average molecular weight is 217 g/mol. The number of esters is 2. The Hall–Kier alpha value is -1.10. The van der Waals surface area contributed by atoms with Crippen LogP contribution in [0, 0.1) is 0 Å². The number of ether oxygens (including phenoxy) is 2. The van der Waals surface area contributed by atoms with E-state index in [-0.39, 0.29) is 6.42 Å². The summed E-state index contributed by atoms with van der Waals surface area (Å²) in [6, 6.07) is 0. The molecule has 5 nitrogen and oxygen atoms in total. The minimum atomic E-state index is -0.582. The first kappa shape index (κ1) is 13.9. The highest BCUT2D eigenvalue weighted by atomic mass is 16.5. The van der Waals surface area contributed by atoms with Crippen LogP contribution in [0.2, 0.25) is 0 Å². The molecular weight excluding hydrogens is 198 g/mol. The normalized spacial score (nSPS) is 14.5. The van der Waals surface area contributed by atoms with Gasteiger partial charge in [0.2, 0.25) is 0 Å². The summed E-state index contributed by atoms with van der Waals surface area (Å²) in [5, 5.41) is 3.28. The van der Waals surface area contributed by atoms with Crippen LogP contribution in [0.4, 0.5) is 0 Å². The van der Waals surface area contributed by atoms with Crippen LogP contribution in [0.15, 0.2) is 0 Å². The van der Waals surface area contributed by atoms with Gasteiger partial charge in [-0.15, -0.1) is 0 Å². The maximum atomic E-state index is 10.3. The molecule has 0 atom stereocenters. The van der Waals surface area contributed by atoms with E-state index in [1.807, 2.05) is 0 Å². The van der Waals surface area contributed by atoms with E-state index in [1.54, 1.807) is 0 Å². The molecular formula is C10H19NO4. The Kier molecular flexibility index (Phi) is 8.76. The summed E-state index contributed by atoms with van der Waals surface area (Å²) in [5.74, 6) is -1.16. The van der Waals surface area contributed by atoms with Gasteiger partial charge in [0.1, 0.15) is 6.42 Å². The quantitative estimate of drug-likeness (QED) is 0.538. The Morgan fingerprint density at radius 3 is 1.67 bits per heavy atom. The fourth-order valence-electron chi connectivity index (χ4n) is 1.06. The lowest BCUT2D eigenvalue weighted by atomic mass is 10.2. The molecule has 0 spiro atoms. The van der Waals surface area contributed by atoms with Crippen molar-refractivity contribution in [3.05, 3.63) is 0 Å². The number of carbonyl (C=O) groups is 2. The van der Waals surface area contributed by atoms with E-state index >= 15 is 0 Å². The molecule has 1 rings (SSSR count). The van der Waals surface area contributed by atoms with Crippen molar-refractivity contribution >= 4 is 11.9 Å². The van der Waals surface area contributed by atoms with Crippen molar-refractivity contribution in [3.63, 3.8) is 0 Å². The van der Waals surface area contributed by atoms with Crippen molar-refractivity contribution in [1.29, 1.82) is 0 Å². The molecule has 0 bridgehead atoms. The van der Waals surface area contributed by atoms with Crippen molar-refractivity contribution in [3.8, 4) is 0 Å². The lowest BCUT2D eigenvalue weighted by molar-refractivity contribution is -0.151. The van der Waals surface area contributed by atoms with E-state index in [4.69, 9.17) is 0 Å². The van der Waals surface area contributed by atoms with E-state index in [2.05, 4.69) is 14.8 Å². The van der Waals surface area contributed by atoms with Crippen molar-refractivity contribution in [1.82, 2.24) is 5.32 Å². The van der Waals surface area contributed by atoms with Gasteiger partial charge in [0, 0.05) is 0 Å². The Morgan fingerprint density at radius 1 is 1.00 bits per heavy atom. The zero-order chi connectivity index (χ0) is 11.5. The highest BCUT2D eigenvalue weighted by Crippen LogP contribution is 1.96. The van der Waals surface area contributed by atoms with E-state index in [1.165, 1.54) is 46.6 Å². The zero-order valence-corrected chi connectivity index (χ0v) is 9.38. The van der Waals surface area contributed by atoms with Gasteiger partial charge in [-0.05, 0) is 25.9 Å². The van der Waals surface area contributed by atoms with Crippen LogP contribution in [0.25, 0.3) is 0 Å². The monoisotopic (exact) mass is 217 g/mol. The van der Waals surface area contributed by atoms with Crippen LogP contribution in [-0.2, 0) is 19.1 Å². The lowest BCUT2D eigenvalue weighted by Crippen LogP contribution is -2.21. The number of piperidine rings is 1. The molecule has 1 fully saturated rings. The largest absolute Gasteiger partial charge is 0.469 e.